The van der Waals surface area contributed by atoms with Crippen molar-refractivity contribution in [1.29, 1.82) is 0 Å². The van der Waals surface area contributed by atoms with E-state index in [0.717, 1.165) is 28.8 Å². The third-order valence-electron chi connectivity index (χ3n) is 5.68. The molecule has 0 atom stereocenters. The predicted molar refractivity (Wildman–Crippen MR) is 144 cm³/mol. The molecule has 0 radical (unpaired) electrons. The number of benzene rings is 3. The van der Waals surface area contributed by atoms with E-state index in [2.05, 4.69) is 26.1 Å². The van der Waals surface area contributed by atoms with Crippen molar-refractivity contribution >= 4 is 61.4 Å². The van der Waals surface area contributed by atoms with Crippen LogP contribution >= 0.6 is 27.5 Å². The summed E-state index contributed by atoms with van der Waals surface area (Å²) >= 11 is 9.48. The molecule has 0 aliphatic carbocycles. The minimum absolute atomic E-state index is 0.247. The van der Waals surface area contributed by atoms with Crippen LogP contribution in [0.15, 0.2) is 65.1 Å². The van der Waals surface area contributed by atoms with E-state index in [1.807, 2.05) is 25.1 Å². The first-order valence-corrected chi connectivity index (χ1v) is 13.7. The summed E-state index contributed by atoms with van der Waals surface area (Å²) in [5, 5.41) is 3.27. The number of nitrogens with zero attached hydrogens (tertiary/aromatic N) is 1. The van der Waals surface area contributed by atoms with Gasteiger partial charge >= 0.3 is 0 Å². The number of amides is 1. The van der Waals surface area contributed by atoms with Crippen LogP contribution in [0.3, 0.4) is 0 Å². The second kappa shape index (κ2) is 11.4. The summed E-state index contributed by atoms with van der Waals surface area (Å²) in [6.45, 7) is 3.18. The van der Waals surface area contributed by atoms with E-state index in [9.17, 15) is 13.8 Å². The van der Waals surface area contributed by atoms with Gasteiger partial charge in [0.2, 0.25) is 0 Å². The third kappa shape index (κ3) is 6.51. The van der Waals surface area contributed by atoms with Crippen LogP contribution < -0.4 is 15.0 Å². The molecule has 0 saturated carbocycles. The van der Waals surface area contributed by atoms with Crippen molar-refractivity contribution in [3.63, 3.8) is 0 Å². The fourth-order valence-electron chi connectivity index (χ4n) is 3.77. The first kappa shape index (κ1) is 25.4. The van der Waals surface area contributed by atoms with Gasteiger partial charge in [-0.25, -0.2) is 0 Å². The Morgan fingerprint density at radius 2 is 1.77 bits per heavy atom. The Kier molecular flexibility index (Phi) is 8.26. The van der Waals surface area contributed by atoms with Crippen molar-refractivity contribution in [2.75, 3.05) is 41.4 Å². The molecule has 1 N–H and O–H groups in total. The quantitative estimate of drug-likeness (QED) is 0.391. The average molecular weight is 576 g/mol. The molecule has 1 aliphatic rings. The molecule has 0 bridgehead atoms. The van der Waals surface area contributed by atoms with Crippen LogP contribution in [0.4, 0.5) is 11.4 Å². The highest BCUT2D eigenvalue weighted by molar-refractivity contribution is 9.10. The normalized spacial score (nSPS) is 14.0. The summed E-state index contributed by atoms with van der Waals surface area (Å²) in [4.78, 5) is 27.8. The number of aryl methyl sites for hydroxylation is 1. The predicted octanol–water partition coefficient (Wildman–Crippen LogP) is 5.23. The van der Waals surface area contributed by atoms with E-state index in [1.54, 1.807) is 36.4 Å². The third-order valence-corrected chi connectivity index (χ3v) is 7.72. The van der Waals surface area contributed by atoms with Gasteiger partial charge in [0.05, 0.1) is 5.56 Å². The smallest absolute Gasteiger partial charge is 0.262 e. The molecule has 1 amide bonds. The standard InChI is InChI=1S/C26H24BrClN2O4S/c1-17-14-21(30-10-12-35(33)13-11-30)7-8-23(17)29-25(31)16-34-24-9-6-20(28)15-22(24)26(32)18-2-4-19(27)5-3-18/h2-9,14-15H,10-13,16H2,1H3,(H,29,31). The molecule has 1 aliphatic heterocycles. The number of nitrogens with one attached hydrogen (secondary N) is 1. The van der Waals surface area contributed by atoms with Crippen LogP contribution in [-0.4, -0.2) is 47.1 Å². The summed E-state index contributed by atoms with van der Waals surface area (Å²) in [7, 11) is -0.732. The van der Waals surface area contributed by atoms with Gasteiger partial charge < -0.3 is 15.0 Å². The van der Waals surface area contributed by atoms with E-state index < -0.39 is 10.8 Å². The topological polar surface area (TPSA) is 75.7 Å². The number of carbonyl (C=O) groups is 2. The largest absolute Gasteiger partial charge is 0.483 e. The fraction of sp³-hybridized carbons (Fsp3) is 0.231. The highest BCUT2D eigenvalue weighted by atomic mass is 79.9. The van der Waals surface area contributed by atoms with Crippen molar-refractivity contribution in [3.8, 4) is 5.75 Å². The molecule has 1 fully saturated rings. The number of ketones is 1. The Hall–Kier alpha value is -2.68. The number of ether oxygens (including phenoxy) is 1. The Morgan fingerprint density at radius 1 is 1.06 bits per heavy atom. The lowest BCUT2D eigenvalue weighted by molar-refractivity contribution is -0.118. The zero-order valence-electron chi connectivity index (χ0n) is 19.1. The van der Waals surface area contributed by atoms with Crippen molar-refractivity contribution in [2.24, 2.45) is 0 Å². The van der Waals surface area contributed by atoms with E-state index in [4.69, 9.17) is 16.3 Å². The second-order valence-corrected chi connectivity index (χ2v) is 11.2. The summed E-state index contributed by atoms with van der Waals surface area (Å²) in [5.74, 6) is 1.04. The van der Waals surface area contributed by atoms with E-state index in [-0.39, 0.29) is 29.6 Å². The van der Waals surface area contributed by atoms with Gasteiger partial charge in [-0.05, 0) is 73.2 Å². The average Bonchev–Trinajstić information content (AvgIpc) is 2.85. The molecule has 35 heavy (non-hydrogen) atoms. The summed E-state index contributed by atoms with van der Waals surface area (Å²) in [5.41, 5.74) is 3.42. The Balaban J connectivity index is 1.41. The minimum Gasteiger partial charge on any atom is -0.483 e. The molecule has 3 aromatic carbocycles. The molecule has 0 aromatic heterocycles. The highest BCUT2D eigenvalue weighted by Gasteiger charge is 2.18. The van der Waals surface area contributed by atoms with Gasteiger partial charge in [-0.2, -0.15) is 0 Å². The highest BCUT2D eigenvalue weighted by Crippen LogP contribution is 2.27. The zero-order chi connectivity index (χ0) is 24.9. The second-order valence-electron chi connectivity index (χ2n) is 8.15. The minimum atomic E-state index is -0.732. The number of rotatable bonds is 7. The first-order valence-electron chi connectivity index (χ1n) is 11.0. The van der Waals surface area contributed by atoms with Crippen LogP contribution in [0.5, 0.6) is 5.75 Å². The van der Waals surface area contributed by atoms with E-state index in [0.29, 0.717) is 27.8 Å². The summed E-state index contributed by atoms with van der Waals surface area (Å²) in [6.07, 6.45) is 0. The van der Waals surface area contributed by atoms with Crippen molar-refractivity contribution in [1.82, 2.24) is 0 Å². The van der Waals surface area contributed by atoms with Gasteiger partial charge in [-0.1, -0.05) is 27.5 Å². The molecule has 3 aromatic rings. The maximum atomic E-state index is 13.0. The van der Waals surface area contributed by atoms with E-state index in [1.165, 1.54) is 6.07 Å². The first-order chi connectivity index (χ1) is 16.8. The Morgan fingerprint density at radius 3 is 2.46 bits per heavy atom. The Labute approximate surface area is 220 Å². The number of anilines is 2. The van der Waals surface area contributed by atoms with Gasteiger partial charge in [0, 0.05) is 61.8 Å². The molecule has 6 nitrogen and oxygen atoms in total. The number of carbonyl (C=O) groups excluding carboxylic acids is 2. The molecule has 9 heteroatoms. The van der Waals surface area contributed by atoms with Crippen LogP contribution in [0.25, 0.3) is 0 Å². The van der Waals surface area contributed by atoms with Crippen molar-refractivity contribution in [3.05, 3.63) is 86.8 Å². The lowest BCUT2D eigenvalue weighted by Crippen LogP contribution is -2.37. The molecule has 4 rings (SSSR count). The van der Waals surface area contributed by atoms with Crippen LogP contribution in [0.2, 0.25) is 5.02 Å². The molecule has 0 unspecified atom stereocenters. The van der Waals surface area contributed by atoms with Crippen molar-refractivity contribution < 1.29 is 18.5 Å². The van der Waals surface area contributed by atoms with E-state index >= 15 is 0 Å². The number of hydrogen-bond acceptors (Lipinski definition) is 5. The van der Waals surface area contributed by atoms with Crippen LogP contribution in [-0.2, 0) is 15.6 Å². The Bertz CT molecular complexity index is 1270. The lowest BCUT2D eigenvalue weighted by Gasteiger charge is -2.29. The monoisotopic (exact) mass is 574 g/mol. The fourth-order valence-corrected chi connectivity index (χ4v) is 5.26. The SMILES string of the molecule is Cc1cc(N2CCS(=O)CC2)ccc1NC(=O)COc1ccc(Cl)cc1C(=O)c1ccc(Br)cc1. The van der Waals surface area contributed by atoms with Gasteiger partial charge in [-0.15, -0.1) is 0 Å². The number of halogens is 2. The van der Waals surface area contributed by atoms with Crippen LogP contribution in [0.1, 0.15) is 21.5 Å². The zero-order valence-corrected chi connectivity index (χ0v) is 22.2. The summed E-state index contributed by atoms with van der Waals surface area (Å²) < 4.78 is 18.2. The molecular formula is C26H24BrClN2O4S. The van der Waals surface area contributed by atoms with Crippen molar-refractivity contribution in [2.45, 2.75) is 6.92 Å². The van der Waals surface area contributed by atoms with Gasteiger partial charge in [0.15, 0.2) is 12.4 Å². The molecule has 182 valence electrons. The summed E-state index contributed by atoms with van der Waals surface area (Å²) in [6, 6.07) is 17.6. The van der Waals surface area contributed by atoms with Gasteiger partial charge in [0.25, 0.3) is 5.91 Å². The molecular weight excluding hydrogens is 552 g/mol. The van der Waals surface area contributed by atoms with Gasteiger partial charge in [-0.3, -0.25) is 13.8 Å². The molecule has 0 spiro atoms. The maximum Gasteiger partial charge on any atom is 0.262 e. The van der Waals surface area contributed by atoms with Crippen LogP contribution in [0, 0.1) is 6.92 Å². The van der Waals surface area contributed by atoms with Gasteiger partial charge in [0.1, 0.15) is 5.75 Å². The number of hydrogen-bond donors (Lipinski definition) is 1. The lowest BCUT2D eigenvalue weighted by atomic mass is 10.0. The maximum absolute atomic E-state index is 13.0. The molecule has 1 saturated heterocycles. The molecule has 1 heterocycles.